The van der Waals surface area contributed by atoms with Gasteiger partial charge in [0, 0.05) is 38.5 Å². The van der Waals surface area contributed by atoms with Crippen molar-refractivity contribution in [1.82, 2.24) is 9.88 Å². The maximum atomic E-state index is 7.41. The Morgan fingerprint density at radius 3 is 1.90 bits per heavy atom. The van der Waals surface area contributed by atoms with Gasteiger partial charge in [-0.1, -0.05) is 170 Å². The molecule has 5 nitrogen and oxygen atoms in total. The van der Waals surface area contributed by atoms with Crippen molar-refractivity contribution in [3.05, 3.63) is 245 Å². The van der Waals surface area contributed by atoms with E-state index in [9.17, 15) is 0 Å². The Morgan fingerprint density at radius 2 is 1.13 bits per heavy atom. The van der Waals surface area contributed by atoms with Crippen molar-refractivity contribution in [3.8, 4) is 27.9 Å². The lowest BCUT2D eigenvalue weighted by Gasteiger charge is -2.31. The summed E-state index contributed by atoms with van der Waals surface area (Å²) in [7, 11) is 0. The van der Waals surface area contributed by atoms with E-state index in [1.54, 1.807) is 0 Å². The minimum absolute atomic E-state index is 0.305. The van der Waals surface area contributed by atoms with E-state index in [4.69, 9.17) is 14.4 Å². The van der Waals surface area contributed by atoms with Crippen molar-refractivity contribution in [2.45, 2.75) is 11.6 Å². The summed E-state index contributed by atoms with van der Waals surface area (Å²) in [6.07, 6.45) is -0.305. The van der Waals surface area contributed by atoms with E-state index >= 15 is 0 Å². The first-order valence-corrected chi connectivity index (χ1v) is 21.6. The lowest BCUT2D eigenvalue weighted by atomic mass is 9.70. The molecule has 2 aromatic heterocycles. The average molecular weight is 805 g/mol. The number of nitrogens with zero attached hydrogens (tertiary/aromatic N) is 3. The zero-order valence-electron chi connectivity index (χ0n) is 34.0. The molecule has 3 heterocycles. The van der Waals surface area contributed by atoms with Gasteiger partial charge in [0.25, 0.3) is 0 Å². The number of aromatic nitrogens is 1. The van der Waals surface area contributed by atoms with E-state index in [0.29, 0.717) is 5.84 Å². The Kier molecular flexibility index (Phi) is 7.03. The van der Waals surface area contributed by atoms with Crippen LogP contribution in [0.2, 0.25) is 0 Å². The summed E-state index contributed by atoms with van der Waals surface area (Å²) >= 11 is 0. The Hall–Kier alpha value is -8.28. The number of aliphatic imine (C=N–C) groups is 2. The number of para-hydroxylation sites is 2. The quantitative estimate of drug-likeness (QED) is 0.193. The van der Waals surface area contributed by atoms with Gasteiger partial charge in [0.2, 0.25) is 0 Å². The van der Waals surface area contributed by atoms with Crippen LogP contribution in [0.3, 0.4) is 0 Å². The van der Waals surface area contributed by atoms with E-state index < -0.39 is 5.41 Å². The van der Waals surface area contributed by atoms with Crippen LogP contribution >= 0.6 is 0 Å². The number of hydrogen-bond donors (Lipinski definition) is 1. The first-order chi connectivity index (χ1) is 31.3. The van der Waals surface area contributed by atoms with Crippen LogP contribution in [0.15, 0.2) is 221 Å². The van der Waals surface area contributed by atoms with Crippen LogP contribution in [0.4, 0.5) is 0 Å². The summed E-state index contributed by atoms with van der Waals surface area (Å²) in [5.74, 6) is 1.49. The molecule has 3 aliphatic rings. The molecule has 1 aliphatic heterocycles. The van der Waals surface area contributed by atoms with E-state index in [2.05, 4.69) is 204 Å². The fourth-order valence-electron chi connectivity index (χ4n) is 11.1. The van der Waals surface area contributed by atoms with Gasteiger partial charge >= 0.3 is 0 Å². The first-order valence-electron chi connectivity index (χ1n) is 21.6. The normalized spacial score (nSPS) is 15.6. The second kappa shape index (κ2) is 12.9. The fourth-order valence-corrected chi connectivity index (χ4v) is 11.1. The molecular formula is C58H36N4O. The van der Waals surface area contributed by atoms with Crippen LogP contribution in [-0.4, -0.2) is 16.2 Å². The smallest absolute Gasteiger partial charge is 0.159 e. The van der Waals surface area contributed by atoms with Crippen molar-refractivity contribution in [2.75, 3.05) is 0 Å². The summed E-state index contributed by atoms with van der Waals surface area (Å²) in [5.41, 5.74) is 17.5. The predicted molar refractivity (Wildman–Crippen MR) is 256 cm³/mol. The minimum atomic E-state index is -0.599. The van der Waals surface area contributed by atoms with Crippen LogP contribution < -0.4 is 5.32 Å². The van der Waals surface area contributed by atoms with Crippen LogP contribution in [0.5, 0.6) is 0 Å². The highest BCUT2D eigenvalue weighted by Crippen LogP contribution is 2.64. The average Bonchev–Trinajstić information content (AvgIpc) is 4.08. The van der Waals surface area contributed by atoms with E-state index in [-0.39, 0.29) is 6.17 Å². The summed E-state index contributed by atoms with van der Waals surface area (Å²) in [5, 5.41) is 8.16. The first kappa shape index (κ1) is 34.4. The topological polar surface area (TPSA) is 54.8 Å². The monoisotopic (exact) mass is 804 g/mol. The van der Waals surface area contributed by atoms with E-state index in [1.807, 2.05) is 12.1 Å². The maximum absolute atomic E-state index is 7.41. The largest absolute Gasteiger partial charge is 0.455 e. The maximum Gasteiger partial charge on any atom is 0.159 e. The Bertz CT molecular complexity index is 3720. The summed E-state index contributed by atoms with van der Waals surface area (Å²) in [6, 6.07) is 74.1. The number of furan rings is 1. The molecule has 1 spiro atoms. The standard InChI is InChI=1S/C58H36N4O/c1-4-16-35(17-5-1)55-59-56(36-18-6-2-7-19-36)61-57(60-55)37-28-29-43-48(34-37)58(45-25-13-10-22-39(45)40-23-11-14-26-46(40)58)47-32-30-41-42-31-33-50-52(54(42)63-53(41)51(43)47)44-24-12-15-27-49(44)62(50)38-20-8-3-9-21-38/h1-34,55H,(H,59,60,61). The van der Waals surface area contributed by atoms with Crippen LogP contribution in [0, 0.1) is 0 Å². The molecule has 0 bridgehead atoms. The number of benzene rings is 9. The van der Waals surface area contributed by atoms with Gasteiger partial charge < -0.3 is 14.3 Å². The molecule has 2 aliphatic carbocycles. The molecule has 14 rings (SSSR count). The molecule has 11 aromatic rings. The zero-order valence-corrected chi connectivity index (χ0v) is 34.0. The molecule has 0 saturated heterocycles. The van der Waals surface area contributed by atoms with E-state index in [1.165, 1.54) is 38.8 Å². The molecule has 63 heavy (non-hydrogen) atoms. The molecule has 1 unspecified atom stereocenters. The summed E-state index contributed by atoms with van der Waals surface area (Å²) < 4.78 is 9.77. The summed E-state index contributed by atoms with van der Waals surface area (Å²) in [4.78, 5) is 10.6. The van der Waals surface area contributed by atoms with Gasteiger partial charge in [-0.25, -0.2) is 9.98 Å². The SMILES string of the molecule is c1ccc(C2=NC(c3ccc4c(c3)C3(c5ccccc5-c5ccccc53)c3ccc5c(oc6c5ccc5c6c6ccccc6n5-c5ccccc5)c3-4)=NC(c3ccccc3)N2)cc1. The van der Waals surface area contributed by atoms with Crippen molar-refractivity contribution in [2.24, 2.45) is 9.98 Å². The van der Waals surface area contributed by atoms with Gasteiger partial charge in [-0.05, 0) is 80.9 Å². The van der Waals surface area contributed by atoms with Crippen LogP contribution in [-0.2, 0) is 5.41 Å². The molecule has 9 aromatic carbocycles. The summed E-state index contributed by atoms with van der Waals surface area (Å²) in [6.45, 7) is 0. The third-order valence-corrected chi connectivity index (χ3v) is 13.7. The predicted octanol–water partition coefficient (Wildman–Crippen LogP) is 13.5. The lowest BCUT2D eigenvalue weighted by molar-refractivity contribution is 0.673. The molecule has 0 fully saturated rings. The van der Waals surface area contributed by atoms with Gasteiger partial charge in [-0.15, -0.1) is 0 Å². The molecule has 1 N–H and O–H groups in total. The van der Waals surface area contributed by atoms with Crippen molar-refractivity contribution >= 4 is 55.4 Å². The minimum Gasteiger partial charge on any atom is -0.455 e. The van der Waals surface area contributed by atoms with Gasteiger partial charge in [-0.3, -0.25) is 0 Å². The van der Waals surface area contributed by atoms with Gasteiger partial charge in [0.05, 0.1) is 21.8 Å². The van der Waals surface area contributed by atoms with Crippen molar-refractivity contribution in [1.29, 1.82) is 0 Å². The fraction of sp³-hybridized carbons (Fsp3) is 0.0345. The Labute approximate surface area is 362 Å². The highest BCUT2D eigenvalue weighted by atomic mass is 16.3. The van der Waals surface area contributed by atoms with Crippen LogP contribution in [0.1, 0.15) is 45.1 Å². The Morgan fingerprint density at radius 1 is 0.476 bits per heavy atom. The van der Waals surface area contributed by atoms with E-state index in [0.717, 1.165) is 77.7 Å². The molecule has 0 radical (unpaired) electrons. The van der Waals surface area contributed by atoms with Gasteiger partial charge in [0.15, 0.2) is 5.84 Å². The molecule has 1 atom stereocenters. The van der Waals surface area contributed by atoms with Gasteiger partial charge in [-0.2, -0.15) is 0 Å². The zero-order chi connectivity index (χ0) is 41.2. The highest BCUT2D eigenvalue weighted by molar-refractivity contribution is 6.25. The lowest BCUT2D eigenvalue weighted by Crippen LogP contribution is -2.33. The second-order valence-electron chi connectivity index (χ2n) is 16.8. The number of hydrogen-bond acceptors (Lipinski definition) is 4. The second-order valence-corrected chi connectivity index (χ2v) is 16.8. The Balaban J connectivity index is 1.06. The molecule has 0 saturated carbocycles. The third-order valence-electron chi connectivity index (χ3n) is 13.7. The van der Waals surface area contributed by atoms with Gasteiger partial charge in [0.1, 0.15) is 23.2 Å². The van der Waals surface area contributed by atoms with Crippen molar-refractivity contribution < 1.29 is 4.42 Å². The molecule has 5 heteroatoms. The van der Waals surface area contributed by atoms with Crippen LogP contribution in [0.25, 0.3) is 71.7 Å². The molecule has 294 valence electrons. The number of fused-ring (bicyclic) bond motifs is 18. The highest BCUT2D eigenvalue weighted by Gasteiger charge is 2.52. The third kappa shape index (κ3) is 4.65. The molecule has 0 amide bonds. The molecular weight excluding hydrogens is 769 g/mol. The number of rotatable bonds is 4. The number of amidine groups is 2. The van der Waals surface area contributed by atoms with Crippen molar-refractivity contribution in [3.63, 3.8) is 0 Å². The number of nitrogens with one attached hydrogen (secondary N) is 1.